The van der Waals surface area contributed by atoms with E-state index in [9.17, 15) is 8.68 Å². The lowest BCUT2D eigenvalue weighted by Gasteiger charge is -2.32. The summed E-state index contributed by atoms with van der Waals surface area (Å²) in [5, 5.41) is 8.89. The van der Waals surface area contributed by atoms with Gasteiger partial charge in [-0.1, -0.05) is 0 Å². The molecule has 0 spiro atoms. The van der Waals surface area contributed by atoms with Gasteiger partial charge in [0, 0.05) is 0 Å². The van der Waals surface area contributed by atoms with Crippen molar-refractivity contribution in [3.8, 4) is 0 Å². The molecule has 0 aromatic carbocycles. The molecule has 1 rings (SSSR count). The minimum Gasteiger partial charge on any atom is -0.481 e. The van der Waals surface area contributed by atoms with Crippen molar-refractivity contribution in [3.05, 3.63) is 0 Å². The van der Waals surface area contributed by atoms with Crippen LogP contribution in [0.2, 0.25) is 0 Å². The first-order chi connectivity index (χ1) is 6.08. The summed E-state index contributed by atoms with van der Waals surface area (Å²) in [6.45, 7) is 1.73. The molecule has 0 amide bonds. The van der Waals surface area contributed by atoms with E-state index in [2.05, 4.69) is 0 Å². The van der Waals surface area contributed by atoms with Gasteiger partial charge >= 0.3 is 5.97 Å². The number of aliphatic carboxylic acids is 1. The van der Waals surface area contributed by atoms with Crippen LogP contribution >= 0.6 is 12.4 Å². The van der Waals surface area contributed by atoms with Crippen LogP contribution in [0.1, 0.15) is 32.6 Å². The second kappa shape index (κ2) is 4.28. The van der Waals surface area contributed by atoms with E-state index in [1.54, 1.807) is 6.92 Å². The summed E-state index contributed by atoms with van der Waals surface area (Å²) in [5.74, 6) is -0.765. The Bertz CT molecular complexity index is 190. The molecule has 0 saturated heterocycles. The molecule has 1 aliphatic rings. The molecular formula is C8H13FO3S. The first-order valence-electron chi connectivity index (χ1n) is 4.26. The van der Waals surface area contributed by atoms with Gasteiger partial charge in [0.2, 0.25) is 12.4 Å². The molecule has 1 saturated carbocycles. The summed E-state index contributed by atoms with van der Waals surface area (Å²) in [4.78, 5) is 10.8. The van der Waals surface area contributed by atoms with Crippen LogP contribution in [0.25, 0.3) is 0 Å². The second-order valence-electron chi connectivity index (χ2n) is 3.72. The van der Waals surface area contributed by atoms with E-state index in [1.807, 2.05) is 0 Å². The Labute approximate surface area is 81.2 Å². The number of hydrogen-bond acceptors (Lipinski definition) is 3. The molecule has 13 heavy (non-hydrogen) atoms. The quantitative estimate of drug-likeness (QED) is 0.724. The molecule has 0 aromatic heterocycles. The SMILES string of the molecule is CC1(C(=O)O)CCC(OSF)CC1. The average Bonchev–Trinajstić information content (AvgIpc) is 2.09. The number of rotatable bonds is 3. The van der Waals surface area contributed by atoms with Gasteiger partial charge in [-0.15, -0.1) is 3.89 Å². The molecule has 1 aliphatic carbocycles. The maximum Gasteiger partial charge on any atom is 0.309 e. The third-order valence-corrected chi connectivity index (χ3v) is 3.07. The first-order valence-corrected chi connectivity index (χ1v) is 4.90. The molecule has 1 N–H and O–H groups in total. The van der Waals surface area contributed by atoms with Gasteiger partial charge in [-0.25, -0.2) is 0 Å². The summed E-state index contributed by atoms with van der Waals surface area (Å²) < 4.78 is 16.4. The average molecular weight is 208 g/mol. The molecule has 0 unspecified atom stereocenters. The van der Waals surface area contributed by atoms with Gasteiger partial charge in [-0.05, 0) is 32.6 Å². The highest BCUT2D eigenvalue weighted by atomic mass is 32.2. The van der Waals surface area contributed by atoms with Crippen LogP contribution in [-0.4, -0.2) is 17.2 Å². The zero-order valence-electron chi connectivity index (χ0n) is 7.46. The monoisotopic (exact) mass is 208 g/mol. The number of halogens is 1. The number of carbonyl (C=O) groups is 1. The van der Waals surface area contributed by atoms with Crippen molar-refractivity contribution in [1.82, 2.24) is 0 Å². The standard InChI is InChI=1S/C8H13FO3S/c1-8(7(10)11)4-2-6(3-5-8)12-13-9/h6H,2-5H2,1H3,(H,10,11). The molecule has 3 nitrogen and oxygen atoms in total. The molecule has 0 radical (unpaired) electrons. The molecule has 0 bridgehead atoms. The lowest BCUT2D eigenvalue weighted by atomic mass is 9.75. The largest absolute Gasteiger partial charge is 0.481 e. The number of hydrogen-bond donors (Lipinski definition) is 1. The lowest BCUT2D eigenvalue weighted by molar-refractivity contribution is -0.150. The van der Waals surface area contributed by atoms with E-state index in [0.717, 1.165) is 0 Å². The summed E-state index contributed by atoms with van der Waals surface area (Å²) in [6, 6.07) is 0. The third-order valence-electron chi connectivity index (χ3n) is 2.72. The van der Waals surface area contributed by atoms with Gasteiger partial charge in [0.25, 0.3) is 0 Å². The van der Waals surface area contributed by atoms with Crippen LogP contribution in [-0.2, 0) is 8.98 Å². The lowest BCUT2D eigenvalue weighted by Crippen LogP contribution is -2.34. The van der Waals surface area contributed by atoms with Crippen LogP contribution in [0.15, 0.2) is 0 Å². The fourth-order valence-corrected chi connectivity index (χ4v) is 1.89. The highest BCUT2D eigenvalue weighted by Gasteiger charge is 2.37. The van der Waals surface area contributed by atoms with Gasteiger partial charge < -0.3 is 5.11 Å². The topological polar surface area (TPSA) is 46.5 Å². The Morgan fingerprint density at radius 1 is 1.62 bits per heavy atom. The van der Waals surface area contributed by atoms with Gasteiger partial charge in [-0.2, -0.15) is 0 Å². The molecule has 1 fully saturated rings. The predicted molar refractivity (Wildman–Crippen MR) is 47.8 cm³/mol. The van der Waals surface area contributed by atoms with Gasteiger partial charge in [-0.3, -0.25) is 8.98 Å². The molecule has 0 atom stereocenters. The van der Waals surface area contributed by atoms with Crippen molar-refractivity contribution in [2.45, 2.75) is 38.7 Å². The minimum absolute atomic E-state index is 0.123. The van der Waals surface area contributed by atoms with Crippen LogP contribution in [0, 0.1) is 5.41 Å². The fraction of sp³-hybridized carbons (Fsp3) is 0.875. The molecular weight excluding hydrogens is 195 g/mol. The highest BCUT2D eigenvalue weighted by molar-refractivity contribution is 7.89. The van der Waals surface area contributed by atoms with E-state index in [1.165, 1.54) is 0 Å². The summed E-state index contributed by atoms with van der Waals surface area (Å²) in [5.41, 5.74) is -0.638. The Kier molecular flexibility index (Phi) is 3.55. The normalized spacial score (nSPS) is 34.5. The van der Waals surface area contributed by atoms with Crippen LogP contribution in [0.5, 0.6) is 0 Å². The van der Waals surface area contributed by atoms with Crippen molar-refractivity contribution < 1.29 is 18.0 Å². The van der Waals surface area contributed by atoms with Crippen molar-refractivity contribution in [2.24, 2.45) is 5.41 Å². The molecule has 0 aliphatic heterocycles. The van der Waals surface area contributed by atoms with Crippen molar-refractivity contribution in [3.63, 3.8) is 0 Å². The first kappa shape index (κ1) is 10.8. The number of carboxylic acid groups (broad SMARTS) is 1. The Morgan fingerprint density at radius 3 is 2.54 bits per heavy atom. The van der Waals surface area contributed by atoms with Gasteiger partial charge in [0.15, 0.2) is 0 Å². The van der Waals surface area contributed by atoms with Crippen LogP contribution < -0.4 is 0 Å². The zero-order chi connectivity index (χ0) is 9.90. The Balaban J connectivity index is 2.42. The van der Waals surface area contributed by atoms with E-state index in [-0.39, 0.29) is 18.5 Å². The highest BCUT2D eigenvalue weighted by Crippen LogP contribution is 2.38. The van der Waals surface area contributed by atoms with Crippen molar-refractivity contribution in [1.29, 1.82) is 0 Å². The van der Waals surface area contributed by atoms with Gasteiger partial charge in [0.1, 0.15) is 0 Å². The van der Waals surface area contributed by atoms with Crippen molar-refractivity contribution >= 4 is 18.4 Å². The van der Waals surface area contributed by atoms with Gasteiger partial charge in [0.05, 0.1) is 11.5 Å². The Hall–Kier alpha value is -0.290. The molecule has 0 aromatic rings. The predicted octanol–water partition coefficient (Wildman–Crippen LogP) is 2.57. The van der Waals surface area contributed by atoms with Crippen molar-refractivity contribution in [2.75, 3.05) is 0 Å². The summed E-state index contributed by atoms with van der Waals surface area (Å²) in [7, 11) is 0. The Morgan fingerprint density at radius 2 is 2.15 bits per heavy atom. The van der Waals surface area contributed by atoms with E-state index in [0.29, 0.717) is 25.7 Å². The molecule has 5 heteroatoms. The molecule has 76 valence electrons. The fourth-order valence-electron chi connectivity index (χ4n) is 1.59. The second-order valence-corrected chi connectivity index (χ2v) is 4.04. The molecule has 0 heterocycles. The smallest absolute Gasteiger partial charge is 0.309 e. The third kappa shape index (κ3) is 2.57. The van der Waals surface area contributed by atoms with E-state index < -0.39 is 11.4 Å². The van der Waals surface area contributed by atoms with Crippen LogP contribution in [0.3, 0.4) is 0 Å². The zero-order valence-corrected chi connectivity index (χ0v) is 8.27. The number of carboxylic acids is 1. The summed E-state index contributed by atoms with van der Waals surface area (Å²) >= 11 is -0.131. The minimum atomic E-state index is -0.765. The maximum absolute atomic E-state index is 11.7. The van der Waals surface area contributed by atoms with Crippen LogP contribution in [0.4, 0.5) is 3.89 Å². The summed E-state index contributed by atoms with van der Waals surface area (Å²) in [6.07, 6.45) is 2.25. The van der Waals surface area contributed by atoms with E-state index in [4.69, 9.17) is 9.29 Å². The maximum atomic E-state index is 11.7. The van der Waals surface area contributed by atoms with E-state index >= 15 is 0 Å².